The van der Waals surface area contributed by atoms with E-state index in [1.807, 2.05) is 24.3 Å². The van der Waals surface area contributed by atoms with E-state index in [4.69, 9.17) is 15.9 Å². The van der Waals surface area contributed by atoms with E-state index in [1.54, 1.807) is 13.3 Å². The number of rotatable bonds is 4. The summed E-state index contributed by atoms with van der Waals surface area (Å²) in [6.07, 6.45) is 1.65. The van der Waals surface area contributed by atoms with Gasteiger partial charge in [-0.25, -0.2) is 0 Å². The minimum Gasteiger partial charge on any atom is -0.496 e. The van der Waals surface area contributed by atoms with Crippen molar-refractivity contribution >= 4 is 12.1 Å². The molecule has 0 saturated carbocycles. The molecule has 0 amide bonds. The highest BCUT2D eigenvalue weighted by Crippen LogP contribution is 2.14. The fraction of sp³-hybridized carbons (Fsp3) is 0.200. The summed E-state index contributed by atoms with van der Waals surface area (Å²) in [5, 5.41) is 6.99. The Bertz CT molecular complexity index is 347. The smallest absolute Gasteiger partial charge is 0.127 e. The molecule has 0 atom stereocenters. The third kappa shape index (κ3) is 2.90. The summed E-state index contributed by atoms with van der Waals surface area (Å²) in [4.78, 5) is 4.00. The highest BCUT2D eigenvalue weighted by atomic mass is 16.5. The third-order valence-corrected chi connectivity index (χ3v) is 1.63. The molecule has 4 heteroatoms. The van der Waals surface area contributed by atoms with Crippen LogP contribution in [-0.2, 0) is 0 Å². The van der Waals surface area contributed by atoms with E-state index in [1.165, 1.54) is 0 Å². The van der Waals surface area contributed by atoms with Crippen molar-refractivity contribution in [3.63, 3.8) is 0 Å². The van der Waals surface area contributed by atoms with E-state index in [-0.39, 0.29) is 12.4 Å². The lowest BCUT2D eigenvalue weighted by atomic mass is 10.2. The van der Waals surface area contributed by atoms with Crippen LogP contribution in [0.5, 0.6) is 5.75 Å². The first-order chi connectivity index (χ1) is 6.74. The zero-order chi connectivity index (χ0) is 10.4. The molecule has 0 bridgehead atoms. The molecule has 0 radical (unpaired) electrons. The SMILES string of the molecule is COc1ccccc1C=NCC(=N)N. The maximum Gasteiger partial charge on any atom is 0.127 e. The summed E-state index contributed by atoms with van der Waals surface area (Å²) in [6.45, 7) is 0.220. The van der Waals surface area contributed by atoms with Crippen LogP contribution in [0.2, 0.25) is 0 Å². The Kier molecular flexibility index (Phi) is 3.67. The first-order valence-corrected chi connectivity index (χ1v) is 4.20. The number of benzene rings is 1. The highest BCUT2D eigenvalue weighted by Gasteiger charge is 1.96. The zero-order valence-electron chi connectivity index (χ0n) is 8.03. The molecule has 1 aromatic carbocycles. The van der Waals surface area contributed by atoms with Gasteiger partial charge in [0.2, 0.25) is 0 Å². The van der Waals surface area contributed by atoms with E-state index in [9.17, 15) is 0 Å². The van der Waals surface area contributed by atoms with Gasteiger partial charge in [-0.2, -0.15) is 0 Å². The van der Waals surface area contributed by atoms with Crippen LogP contribution in [0.4, 0.5) is 0 Å². The molecule has 0 aliphatic heterocycles. The quantitative estimate of drug-likeness (QED) is 0.551. The van der Waals surface area contributed by atoms with Crippen LogP contribution in [0.25, 0.3) is 0 Å². The van der Waals surface area contributed by atoms with E-state index < -0.39 is 0 Å². The van der Waals surface area contributed by atoms with Gasteiger partial charge in [0.05, 0.1) is 13.7 Å². The van der Waals surface area contributed by atoms with Crippen LogP contribution < -0.4 is 10.5 Å². The van der Waals surface area contributed by atoms with Crippen molar-refractivity contribution in [3.05, 3.63) is 29.8 Å². The van der Waals surface area contributed by atoms with Gasteiger partial charge in [0.15, 0.2) is 0 Å². The monoisotopic (exact) mass is 191 g/mol. The van der Waals surface area contributed by atoms with Crippen LogP contribution in [0.15, 0.2) is 29.3 Å². The van der Waals surface area contributed by atoms with E-state index in [2.05, 4.69) is 4.99 Å². The Hall–Kier alpha value is -1.84. The number of amidine groups is 1. The van der Waals surface area contributed by atoms with Gasteiger partial charge in [0.1, 0.15) is 11.6 Å². The summed E-state index contributed by atoms with van der Waals surface area (Å²) >= 11 is 0. The fourth-order valence-corrected chi connectivity index (χ4v) is 1.02. The summed E-state index contributed by atoms with van der Waals surface area (Å²) in [5.41, 5.74) is 6.05. The number of nitrogens with zero attached hydrogens (tertiary/aromatic N) is 1. The molecule has 14 heavy (non-hydrogen) atoms. The lowest BCUT2D eigenvalue weighted by molar-refractivity contribution is 0.414. The number of methoxy groups -OCH3 is 1. The predicted octanol–water partition coefficient (Wildman–Crippen LogP) is 1.05. The Morgan fingerprint density at radius 2 is 2.29 bits per heavy atom. The molecule has 0 spiro atoms. The fourth-order valence-electron chi connectivity index (χ4n) is 1.02. The van der Waals surface area contributed by atoms with Crippen molar-refractivity contribution in [1.82, 2.24) is 0 Å². The standard InChI is InChI=1S/C10H13N3O/c1-14-9-5-3-2-4-8(9)6-13-7-10(11)12/h2-6H,7H2,1H3,(H3,11,12). The van der Waals surface area contributed by atoms with Gasteiger partial charge < -0.3 is 10.5 Å². The lowest BCUT2D eigenvalue weighted by Gasteiger charge is -2.02. The number of hydrogen-bond acceptors (Lipinski definition) is 3. The van der Waals surface area contributed by atoms with Crippen molar-refractivity contribution in [2.24, 2.45) is 10.7 Å². The van der Waals surface area contributed by atoms with Gasteiger partial charge >= 0.3 is 0 Å². The molecule has 4 nitrogen and oxygen atoms in total. The lowest BCUT2D eigenvalue weighted by Crippen LogP contribution is -2.13. The van der Waals surface area contributed by atoms with Crippen LogP contribution >= 0.6 is 0 Å². The van der Waals surface area contributed by atoms with Crippen LogP contribution in [0.1, 0.15) is 5.56 Å². The first kappa shape index (κ1) is 10.2. The van der Waals surface area contributed by atoms with Gasteiger partial charge in [0, 0.05) is 11.8 Å². The molecular formula is C10H13N3O. The molecule has 0 unspecified atom stereocenters. The van der Waals surface area contributed by atoms with Gasteiger partial charge in [-0.3, -0.25) is 10.4 Å². The average Bonchev–Trinajstić information content (AvgIpc) is 2.18. The van der Waals surface area contributed by atoms with Crippen molar-refractivity contribution in [2.45, 2.75) is 0 Å². The van der Waals surface area contributed by atoms with Gasteiger partial charge in [-0.15, -0.1) is 0 Å². The predicted molar refractivity (Wildman–Crippen MR) is 57.4 cm³/mol. The number of aliphatic imine (C=N–C) groups is 1. The Morgan fingerprint density at radius 3 is 2.93 bits per heavy atom. The van der Waals surface area contributed by atoms with Crippen LogP contribution in [-0.4, -0.2) is 25.7 Å². The Morgan fingerprint density at radius 1 is 1.57 bits per heavy atom. The van der Waals surface area contributed by atoms with Crippen LogP contribution in [0.3, 0.4) is 0 Å². The van der Waals surface area contributed by atoms with Gasteiger partial charge in [0.25, 0.3) is 0 Å². The van der Waals surface area contributed by atoms with E-state index in [0.717, 1.165) is 11.3 Å². The van der Waals surface area contributed by atoms with Crippen molar-refractivity contribution in [2.75, 3.05) is 13.7 Å². The summed E-state index contributed by atoms with van der Waals surface area (Å²) < 4.78 is 5.13. The number of nitrogens with one attached hydrogen (secondary N) is 1. The summed E-state index contributed by atoms with van der Waals surface area (Å²) in [5.74, 6) is 0.816. The second kappa shape index (κ2) is 5.01. The van der Waals surface area contributed by atoms with Crippen molar-refractivity contribution in [3.8, 4) is 5.75 Å². The molecule has 0 aliphatic rings. The minimum absolute atomic E-state index is 0.0520. The average molecular weight is 191 g/mol. The molecule has 0 fully saturated rings. The number of nitrogens with two attached hydrogens (primary N) is 1. The third-order valence-electron chi connectivity index (χ3n) is 1.63. The summed E-state index contributed by atoms with van der Waals surface area (Å²) in [7, 11) is 1.61. The molecular weight excluding hydrogens is 178 g/mol. The molecule has 0 aliphatic carbocycles. The molecule has 0 heterocycles. The molecule has 1 aromatic rings. The number of para-hydroxylation sites is 1. The maximum atomic E-state index is 6.99. The molecule has 0 aromatic heterocycles. The number of ether oxygens (including phenoxy) is 1. The van der Waals surface area contributed by atoms with E-state index in [0.29, 0.717) is 0 Å². The van der Waals surface area contributed by atoms with Crippen molar-refractivity contribution < 1.29 is 4.74 Å². The topological polar surface area (TPSA) is 71.5 Å². The Labute approximate surface area is 82.9 Å². The van der Waals surface area contributed by atoms with E-state index >= 15 is 0 Å². The highest BCUT2D eigenvalue weighted by molar-refractivity contribution is 5.86. The van der Waals surface area contributed by atoms with Crippen molar-refractivity contribution in [1.29, 1.82) is 5.41 Å². The Balaban J connectivity index is 2.75. The zero-order valence-corrected chi connectivity index (χ0v) is 8.03. The van der Waals surface area contributed by atoms with Gasteiger partial charge in [-0.05, 0) is 12.1 Å². The minimum atomic E-state index is 0.0520. The first-order valence-electron chi connectivity index (χ1n) is 4.20. The second-order valence-corrected chi connectivity index (χ2v) is 2.74. The maximum absolute atomic E-state index is 6.99. The molecule has 3 N–H and O–H groups in total. The molecule has 1 rings (SSSR count). The number of hydrogen-bond donors (Lipinski definition) is 2. The van der Waals surface area contributed by atoms with Gasteiger partial charge in [-0.1, -0.05) is 12.1 Å². The molecule has 74 valence electrons. The normalized spacial score (nSPS) is 10.4. The summed E-state index contributed by atoms with van der Waals surface area (Å²) in [6, 6.07) is 7.54. The molecule has 0 saturated heterocycles. The largest absolute Gasteiger partial charge is 0.496 e. The van der Waals surface area contributed by atoms with Crippen LogP contribution in [0, 0.1) is 5.41 Å². The second-order valence-electron chi connectivity index (χ2n) is 2.74.